The molecule has 0 amide bonds. The molecule has 1 saturated heterocycles. The Bertz CT molecular complexity index is 261. The molecule has 0 aromatic carbocycles. The van der Waals surface area contributed by atoms with E-state index in [4.69, 9.17) is 19.7 Å². The van der Waals surface area contributed by atoms with Crippen LogP contribution in [0.25, 0.3) is 0 Å². The van der Waals surface area contributed by atoms with Gasteiger partial charge >= 0.3 is 5.97 Å². The summed E-state index contributed by atoms with van der Waals surface area (Å²) < 4.78 is 10.5. The fourth-order valence-corrected chi connectivity index (χ4v) is 2.07. The van der Waals surface area contributed by atoms with E-state index in [1.165, 1.54) is 7.11 Å². The Morgan fingerprint density at radius 3 is 2.65 bits per heavy atom. The Balaban J connectivity index is 2.67. The summed E-state index contributed by atoms with van der Waals surface area (Å²) in [5.41, 5.74) is 0. The number of aliphatic carboxylic acids is 1. The van der Waals surface area contributed by atoms with Crippen LogP contribution in [-0.2, 0) is 14.3 Å². The predicted octanol–water partition coefficient (Wildman–Crippen LogP) is -1.82. The zero-order valence-corrected chi connectivity index (χ0v) is 9.87. The van der Waals surface area contributed by atoms with E-state index in [0.717, 1.165) is 0 Å². The second-order valence-electron chi connectivity index (χ2n) is 4.05. The van der Waals surface area contributed by atoms with E-state index in [0.29, 0.717) is 0 Å². The van der Waals surface area contributed by atoms with E-state index in [2.05, 4.69) is 5.32 Å². The third-order valence-electron chi connectivity index (χ3n) is 2.91. The van der Waals surface area contributed by atoms with Gasteiger partial charge in [0.15, 0.2) is 0 Å². The normalized spacial score (nSPS) is 38.0. The second kappa shape index (κ2) is 6.27. The number of ether oxygens (including phenoxy) is 2. The van der Waals surface area contributed by atoms with Crippen LogP contribution in [0.3, 0.4) is 0 Å². The number of nitrogens with one attached hydrogen (secondary N) is 1. The van der Waals surface area contributed by atoms with Crippen molar-refractivity contribution in [3.05, 3.63) is 0 Å². The van der Waals surface area contributed by atoms with E-state index >= 15 is 0 Å². The number of aliphatic hydroxyl groups excluding tert-OH is 2. The molecule has 0 aliphatic carbocycles. The van der Waals surface area contributed by atoms with Crippen LogP contribution in [0.1, 0.15) is 6.92 Å². The van der Waals surface area contributed by atoms with E-state index in [9.17, 15) is 9.90 Å². The standard InChI is InChI=1S/C10H19NO6/c1-5-8(11-3-7(13)14)9(15)10(16-2)6(4-12)17-5/h5-6,8-12,15H,3-4H2,1-2H3,(H,13,14). The maximum atomic E-state index is 10.5. The molecular formula is C10H19NO6. The Morgan fingerprint density at radius 2 is 2.18 bits per heavy atom. The van der Waals surface area contributed by atoms with E-state index in [-0.39, 0.29) is 13.2 Å². The maximum absolute atomic E-state index is 10.5. The predicted molar refractivity (Wildman–Crippen MR) is 57.7 cm³/mol. The number of carbonyl (C=O) groups is 1. The van der Waals surface area contributed by atoms with Crippen LogP contribution in [0.4, 0.5) is 0 Å². The van der Waals surface area contributed by atoms with E-state index in [1.807, 2.05) is 0 Å². The van der Waals surface area contributed by atoms with Crippen molar-refractivity contribution in [1.82, 2.24) is 5.32 Å². The summed E-state index contributed by atoms with van der Waals surface area (Å²) in [6, 6.07) is -0.543. The summed E-state index contributed by atoms with van der Waals surface area (Å²) in [5.74, 6) is -1.01. The lowest BCUT2D eigenvalue weighted by Crippen LogP contribution is -2.63. The average molecular weight is 249 g/mol. The van der Waals surface area contributed by atoms with Crippen molar-refractivity contribution in [2.24, 2.45) is 0 Å². The topological polar surface area (TPSA) is 108 Å². The molecule has 1 rings (SSSR count). The number of methoxy groups -OCH3 is 1. The zero-order valence-electron chi connectivity index (χ0n) is 9.87. The molecular weight excluding hydrogens is 230 g/mol. The van der Waals surface area contributed by atoms with Gasteiger partial charge in [-0.15, -0.1) is 0 Å². The molecule has 1 aliphatic heterocycles. The highest BCUT2D eigenvalue weighted by molar-refractivity contribution is 5.69. The minimum Gasteiger partial charge on any atom is -0.480 e. The Morgan fingerprint density at radius 1 is 1.53 bits per heavy atom. The average Bonchev–Trinajstić information content (AvgIpc) is 2.27. The Kier molecular flexibility index (Phi) is 5.29. The number of carboxylic acids is 1. The van der Waals surface area contributed by atoms with Gasteiger partial charge in [0.2, 0.25) is 0 Å². The molecule has 1 heterocycles. The molecule has 0 aromatic rings. The van der Waals surface area contributed by atoms with E-state index in [1.54, 1.807) is 6.92 Å². The molecule has 7 nitrogen and oxygen atoms in total. The van der Waals surface area contributed by atoms with Crippen LogP contribution < -0.4 is 5.32 Å². The Hall–Kier alpha value is -0.730. The smallest absolute Gasteiger partial charge is 0.317 e. The molecule has 100 valence electrons. The van der Waals surface area contributed by atoms with Gasteiger partial charge in [0.05, 0.1) is 25.3 Å². The highest BCUT2D eigenvalue weighted by Crippen LogP contribution is 2.22. The van der Waals surface area contributed by atoms with Crippen LogP contribution >= 0.6 is 0 Å². The van der Waals surface area contributed by atoms with Crippen LogP contribution in [0.2, 0.25) is 0 Å². The van der Waals surface area contributed by atoms with Gasteiger partial charge in [-0.05, 0) is 6.92 Å². The summed E-state index contributed by atoms with van der Waals surface area (Å²) >= 11 is 0. The maximum Gasteiger partial charge on any atom is 0.317 e. The Labute approximate surface area is 99.3 Å². The molecule has 7 heteroatoms. The number of rotatable bonds is 5. The largest absolute Gasteiger partial charge is 0.480 e. The number of hydrogen-bond acceptors (Lipinski definition) is 6. The van der Waals surface area contributed by atoms with Gasteiger partial charge < -0.3 is 24.8 Å². The molecule has 0 aromatic heterocycles. The monoisotopic (exact) mass is 249 g/mol. The van der Waals surface area contributed by atoms with Crippen LogP contribution in [0.5, 0.6) is 0 Å². The highest BCUT2D eigenvalue weighted by Gasteiger charge is 2.43. The number of aliphatic hydroxyl groups is 2. The van der Waals surface area contributed by atoms with Crippen molar-refractivity contribution in [2.75, 3.05) is 20.3 Å². The van der Waals surface area contributed by atoms with Crippen molar-refractivity contribution in [1.29, 1.82) is 0 Å². The third kappa shape index (κ3) is 3.36. The van der Waals surface area contributed by atoms with Gasteiger partial charge in [-0.2, -0.15) is 0 Å². The van der Waals surface area contributed by atoms with Gasteiger partial charge in [-0.25, -0.2) is 0 Å². The molecule has 0 spiro atoms. The highest BCUT2D eigenvalue weighted by atomic mass is 16.6. The quantitative estimate of drug-likeness (QED) is 0.454. The fourth-order valence-electron chi connectivity index (χ4n) is 2.07. The SMILES string of the molecule is COC1C(CO)OC(C)C(NCC(=O)O)C1O. The molecule has 0 saturated carbocycles. The molecule has 0 radical (unpaired) electrons. The molecule has 1 fully saturated rings. The third-order valence-corrected chi connectivity index (χ3v) is 2.91. The molecule has 17 heavy (non-hydrogen) atoms. The van der Waals surface area contributed by atoms with Crippen LogP contribution in [0, 0.1) is 0 Å². The zero-order chi connectivity index (χ0) is 13.0. The molecule has 5 unspecified atom stereocenters. The lowest BCUT2D eigenvalue weighted by atomic mass is 9.93. The molecule has 0 bridgehead atoms. The summed E-state index contributed by atoms with van der Waals surface area (Å²) in [6.07, 6.45) is -2.62. The lowest BCUT2D eigenvalue weighted by molar-refractivity contribution is -0.199. The van der Waals surface area contributed by atoms with Gasteiger partial charge in [-0.3, -0.25) is 10.1 Å². The van der Waals surface area contributed by atoms with Crippen molar-refractivity contribution in [3.63, 3.8) is 0 Å². The minimum atomic E-state index is -1.01. The van der Waals surface area contributed by atoms with Crippen molar-refractivity contribution in [3.8, 4) is 0 Å². The first kappa shape index (κ1) is 14.3. The van der Waals surface area contributed by atoms with Crippen LogP contribution in [0.15, 0.2) is 0 Å². The second-order valence-corrected chi connectivity index (χ2v) is 4.05. The van der Waals surface area contributed by atoms with Crippen LogP contribution in [-0.4, -0.2) is 72.0 Å². The first-order valence-electron chi connectivity index (χ1n) is 5.43. The minimum absolute atomic E-state index is 0.258. The lowest BCUT2D eigenvalue weighted by Gasteiger charge is -2.42. The van der Waals surface area contributed by atoms with Gasteiger partial charge in [0.25, 0.3) is 0 Å². The van der Waals surface area contributed by atoms with Gasteiger partial charge in [-0.1, -0.05) is 0 Å². The fraction of sp³-hybridized carbons (Fsp3) is 0.900. The molecule has 1 aliphatic rings. The summed E-state index contributed by atoms with van der Waals surface area (Å²) in [6.45, 7) is 1.18. The van der Waals surface area contributed by atoms with Gasteiger partial charge in [0, 0.05) is 7.11 Å². The summed E-state index contributed by atoms with van der Waals surface area (Å²) in [4.78, 5) is 10.5. The molecule has 4 N–H and O–H groups in total. The van der Waals surface area contributed by atoms with Crippen molar-refractivity contribution in [2.45, 2.75) is 37.4 Å². The number of hydrogen-bond donors (Lipinski definition) is 4. The summed E-state index contributed by atoms with van der Waals surface area (Å²) in [7, 11) is 1.41. The molecule has 5 atom stereocenters. The number of carboxylic acid groups (broad SMARTS) is 1. The summed E-state index contributed by atoms with van der Waals surface area (Å²) in [5, 5.41) is 30.4. The van der Waals surface area contributed by atoms with E-state index < -0.39 is 36.4 Å². The van der Waals surface area contributed by atoms with Crippen molar-refractivity contribution < 1.29 is 29.6 Å². The van der Waals surface area contributed by atoms with Gasteiger partial charge in [0.1, 0.15) is 18.3 Å². The van der Waals surface area contributed by atoms with Crippen molar-refractivity contribution >= 4 is 5.97 Å². The first-order chi connectivity index (χ1) is 8.01. The first-order valence-corrected chi connectivity index (χ1v) is 5.43.